The van der Waals surface area contributed by atoms with E-state index in [1.54, 1.807) is 0 Å². The van der Waals surface area contributed by atoms with Crippen molar-refractivity contribution in [1.29, 1.82) is 0 Å². The maximum atomic E-state index is 13.1. The van der Waals surface area contributed by atoms with Crippen LogP contribution in [-0.4, -0.2) is 23.9 Å². The van der Waals surface area contributed by atoms with Gasteiger partial charge in [-0.15, -0.1) is 0 Å². The summed E-state index contributed by atoms with van der Waals surface area (Å²) in [6.07, 6.45) is 0. The first-order valence-electron chi connectivity index (χ1n) is 6.48. The lowest BCUT2D eigenvalue weighted by Crippen LogP contribution is -2.18. The Morgan fingerprint density at radius 3 is 2.04 bits per heavy atom. The Bertz CT molecular complexity index is 924. The summed E-state index contributed by atoms with van der Waals surface area (Å²) < 4.78 is 65.4. The van der Waals surface area contributed by atoms with Crippen molar-refractivity contribution in [3.05, 3.63) is 53.8 Å². The number of rotatable bonds is 5. The number of anilines is 1. The molecule has 0 saturated heterocycles. The predicted molar refractivity (Wildman–Crippen MR) is 84.6 cm³/mol. The first-order chi connectivity index (χ1) is 10.7. The van der Waals surface area contributed by atoms with E-state index in [1.807, 2.05) is 0 Å². The second-order valence-corrected chi connectivity index (χ2v) is 8.28. The number of nitrogens with one attached hydrogen (secondary N) is 2. The maximum absolute atomic E-state index is 13.1. The molecular formula is C14H15FN2O4S2. The number of sulfonamides is 2. The van der Waals surface area contributed by atoms with Crippen molar-refractivity contribution in [2.45, 2.75) is 16.7 Å². The van der Waals surface area contributed by atoms with Gasteiger partial charge in [-0.1, -0.05) is 0 Å². The number of hydrogen-bond acceptors (Lipinski definition) is 4. The molecule has 0 amide bonds. The fourth-order valence-electron chi connectivity index (χ4n) is 1.94. The van der Waals surface area contributed by atoms with Crippen LogP contribution in [0.4, 0.5) is 10.1 Å². The molecule has 0 aromatic heterocycles. The number of aryl methyl sites for hydroxylation is 1. The van der Waals surface area contributed by atoms with Crippen LogP contribution in [0, 0.1) is 12.7 Å². The van der Waals surface area contributed by atoms with Gasteiger partial charge in [0, 0.05) is 5.69 Å². The van der Waals surface area contributed by atoms with Gasteiger partial charge >= 0.3 is 0 Å². The first kappa shape index (κ1) is 17.4. The van der Waals surface area contributed by atoms with E-state index in [0.717, 1.165) is 12.1 Å². The van der Waals surface area contributed by atoms with E-state index in [2.05, 4.69) is 9.44 Å². The van der Waals surface area contributed by atoms with Crippen LogP contribution in [0.25, 0.3) is 0 Å². The molecule has 0 fully saturated rings. The molecule has 23 heavy (non-hydrogen) atoms. The standard InChI is InChI=1S/C14H15FN2O4S2/c1-10-9-11(15)3-8-14(10)23(20,21)17-12-4-6-13(7-5-12)22(18,19)16-2/h3-9,16-17H,1-2H3. The maximum Gasteiger partial charge on any atom is 0.262 e. The fraction of sp³-hybridized carbons (Fsp3) is 0.143. The van der Waals surface area contributed by atoms with E-state index in [4.69, 9.17) is 0 Å². The molecule has 0 unspecified atom stereocenters. The number of benzene rings is 2. The van der Waals surface area contributed by atoms with Crippen LogP contribution in [0.5, 0.6) is 0 Å². The molecule has 124 valence electrons. The molecule has 0 radical (unpaired) electrons. The Kier molecular flexibility index (Phi) is 4.73. The fourth-order valence-corrected chi connectivity index (χ4v) is 3.96. The highest BCUT2D eigenvalue weighted by Gasteiger charge is 2.18. The normalized spacial score (nSPS) is 12.1. The van der Waals surface area contributed by atoms with Gasteiger partial charge in [-0.25, -0.2) is 25.9 Å². The van der Waals surface area contributed by atoms with Crippen LogP contribution >= 0.6 is 0 Å². The van der Waals surface area contributed by atoms with Crippen molar-refractivity contribution in [1.82, 2.24) is 4.72 Å². The van der Waals surface area contributed by atoms with Gasteiger partial charge in [-0.2, -0.15) is 0 Å². The van der Waals surface area contributed by atoms with Gasteiger partial charge in [-0.3, -0.25) is 4.72 Å². The van der Waals surface area contributed by atoms with Crippen LogP contribution in [0.15, 0.2) is 52.3 Å². The molecule has 0 heterocycles. The van der Waals surface area contributed by atoms with Crippen molar-refractivity contribution < 1.29 is 21.2 Å². The third-order valence-corrected chi connectivity index (χ3v) is 6.08. The van der Waals surface area contributed by atoms with Crippen molar-refractivity contribution >= 4 is 25.7 Å². The Balaban J connectivity index is 2.31. The van der Waals surface area contributed by atoms with E-state index in [9.17, 15) is 21.2 Å². The van der Waals surface area contributed by atoms with E-state index < -0.39 is 25.9 Å². The second-order valence-electron chi connectivity index (χ2n) is 4.75. The number of halogens is 1. The van der Waals surface area contributed by atoms with Gasteiger partial charge in [-0.05, 0) is 62.0 Å². The van der Waals surface area contributed by atoms with Crippen LogP contribution in [-0.2, 0) is 20.0 Å². The third kappa shape index (κ3) is 3.87. The summed E-state index contributed by atoms with van der Waals surface area (Å²) in [6, 6.07) is 8.58. The summed E-state index contributed by atoms with van der Waals surface area (Å²) in [4.78, 5) is -0.0354. The van der Waals surface area contributed by atoms with Crippen LogP contribution in [0.1, 0.15) is 5.56 Å². The smallest absolute Gasteiger partial charge is 0.262 e. The summed E-state index contributed by atoms with van der Waals surface area (Å²) in [5, 5.41) is 0. The quantitative estimate of drug-likeness (QED) is 0.853. The summed E-state index contributed by atoms with van der Waals surface area (Å²) in [5.41, 5.74) is 0.468. The lowest BCUT2D eigenvalue weighted by Gasteiger charge is -2.11. The SMILES string of the molecule is CNS(=O)(=O)c1ccc(NS(=O)(=O)c2ccc(F)cc2C)cc1. The van der Waals surface area contributed by atoms with Gasteiger partial charge in [0.1, 0.15) is 5.82 Å². The topological polar surface area (TPSA) is 92.3 Å². The van der Waals surface area contributed by atoms with Crippen molar-refractivity contribution in [3.8, 4) is 0 Å². The minimum Gasteiger partial charge on any atom is -0.280 e. The zero-order valence-electron chi connectivity index (χ0n) is 12.4. The predicted octanol–water partition coefficient (Wildman–Crippen LogP) is 1.84. The Morgan fingerprint density at radius 2 is 1.52 bits per heavy atom. The largest absolute Gasteiger partial charge is 0.280 e. The Morgan fingerprint density at radius 1 is 0.913 bits per heavy atom. The molecule has 0 aliphatic carbocycles. The molecule has 0 aliphatic rings. The van der Waals surface area contributed by atoms with E-state index >= 15 is 0 Å². The molecule has 2 rings (SSSR count). The van der Waals surface area contributed by atoms with E-state index in [1.165, 1.54) is 44.3 Å². The number of hydrogen-bond donors (Lipinski definition) is 2. The molecule has 0 spiro atoms. The molecule has 0 saturated carbocycles. The molecule has 0 aliphatic heterocycles. The van der Waals surface area contributed by atoms with Crippen molar-refractivity contribution in [2.75, 3.05) is 11.8 Å². The Labute approximate surface area is 134 Å². The average molecular weight is 358 g/mol. The van der Waals surface area contributed by atoms with Gasteiger partial charge in [0.2, 0.25) is 10.0 Å². The van der Waals surface area contributed by atoms with Gasteiger partial charge < -0.3 is 0 Å². The molecule has 6 nitrogen and oxygen atoms in total. The van der Waals surface area contributed by atoms with Gasteiger partial charge in [0.25, 0.3) is 10.0 Å². The minimum absolute atomic E-state index is 0.0147. The first-order valence-corrected chi connectivity index (χ1v) is 9.45. The van der Waals surface area contributed by atoms with Crippen LogP contribution in [0.3, 0.4) is 0 Å². The average Bonchev–Trinajstić information content (AvgIpc) is 2.47. The van der Waals surface area contributed by atoms with Crippen LogP contribution < -0.4 is 9.44 Å². The monoisotopic (exact) mass is 358 g/mol. The molecule has 2 aromatic rings. The van der Waals surface area contributed by atoms with Crippen molar-refractivity contribution in [3.63, 3.8) is 0 Å². The third-order valence-electron chi connectivity index (χ3n) is 3.11. The van der Waals surface area contributed by atoms with Gasteiger partial charge in [0.15, 0.2) is 0 Å². The molecule has 2 N–H and O–H groups in total. The van der Waals surface area contributed by atoms with E-state index in [0.29, 0.717) is 0 Å². The van der Waals surface area contributed by atoms with Crippen LogP contribution in [0.2, 0.25) is 0 Å². The summed E-state index contributed by atoms with van der Waals surface area (Å²) in [6.45, 7) is 1.49. The van der Waals surface area contributed by atoms with Gasteiger partial charge in [0.05, 0.1) is 9.79 Å². The Hall–Kier alpha value is -1.97. The highest BCUT2D eigenvalue weighted by molar-refractivity contribution is 7.92. The van der Waals surface area contributed by atoms with E-state index in [-0.39, 0.29) is 21.0 Å². The lowest BCUT2D eigenvalue weighted by atomic mass is 10.2. The molecule has 0 atom stereocenters. The summed E-state index contributed by atoms with van der Waals surface area (Å²) in [7, 11) is -6.21. The van der Waals surface area contributed by atoms with Crippen molar-refractivity contribution in [2.24, 2.45) is 0 Å². The second kappa shape index (κ2) is 6.26. The highest BCUT2D eigenvalue weighted by Crippen LogP contribution is 2.21. The summed E-state index contributed by atoms with van der Waals surface area (Å²) >= 11 is 0. The highest BCUT2D eigenvalue weighted by atomic mass is 32.2. The lowest BCUT2D eigenvalue weighted by molar-refractivity contribution is 0.588. The molecular weight excluding hydrogens is 343 g/mol. The zero-order valence-corrected chi connectivity index (χ0v) is 14.0. The minimum atomic E-state index is -3.90. The molecule has 0 bridgehead atoms. The molecule has 2 aromatic carbocycles. The summed E-state index contributed by atoms with van der Waals surface area (Å²) in [5.74, 6) is -0.525. The molecule has 9 heteroatoms. The zero-order chi connectivity index (χ0) is 17.3.